The highest BCUT2D eigenvalue weighted by Crippen LogP contribution is 2.37. The summed E-state index contributed by atoms with van der Waals surface area (Å²) >= 11 is 12.5. The number of carbonyl (C=O) groups excluding carboxylic acids is 1. The van der Waals surface area contributed by atoms with E-state index in [2.05, 4.69) is 11.6 Å². The maximum Gasteiger partial charge on any atom is 0.363 e. The van der Waals surface area contributed by atoms with Gasteiger partial charge < -0.3 is 14.2 Å². The van der Waals surface area contributed by atoms with Crippen molar-refractivity contribution in [2.75, 3.05) is 13.2 Å². The van der Waals surface area contributed by atoms with Crippen LogP contribution in [0.25, 0.3) is 6.08 Å². The quantitative estimate of drug-likeness (QED) is 0.348. The summed E-state index contributed by atoms with van der Waals surface area (Å²) in [6.45, 7) is 6.19. The summed E-state index contributed by atoms with van der Waals surface area (Å²) in [7, 11) is 0. The Morgan fingerprint density at radius 3 is 2.68 bits per heavy atom. The second kappa shape index (κ2) is 8.95. The van der Waals surface area contributed by atoms with Crippen LogP contribution in [0, 0.1) is 0 Å². The van der Waals surface area contributed by atoms with Gasteiger partial charge in [0.1, 0.15) is 6.61 Å². The normalized spacial score (nSPS) is 14.6. The Morgan fingerprint density at radius 2 is 1.96 bits per heavy atom. The highest BCUT2D eigenvalue weighted by molar-refractivity contribution is 6.34. The fourth-order valence-electron chi connectivity index (χ4n) is 2.53. The van der Waals surface area contributed by atoms with Crippen molar-refractivity contribution in [1.29, 1.82) is 0 Å². The third-order valence-electron chi connectivity index (χ3n) is 3.71. The minimum absolute atomic E-state index is 0.133. The molecular formula is C21H17Cl2NO4. The topological polar surface area (TPSA) is 57.1 Å². The Hall–Kier alpha value is -2.76. The first-order chi connectivity index (χ1) is 13.5. The van der Waals surface area contributed by atoms with Gasteiger partial charge in [-0.1, -0.05) is 48.0 Å². The maximum absolute atomic E-state index is 12.2. The lowest BCUT2D eigenvalue weighted by Crippen LogP contribution is -2.05. The van der Waals surface area contributed by atoms with Gasteiger partial charge in [0.05, 0.1) is 22.2 Å². The SMILES string of the molecule is C=CCOc1c(Cl)cc(/C=C2\N=C(c3ccccc3Cl)OC2=O)cc1OCC. The van der Waals surface area contributed by atoms with E-state index in [1.807, 2.05) is 6.92 Å². The highest BCUT2D eigenvalue weighted by Gasteiger charge is 2.25. The van der Waals surface area contributed by atoms with Crippen molar-refractivity contribution in [1.82, 2.24) is 0 Å². The van der Waals surface area contributed by atoms with Crippen molar-refractivity contribution in [2.24, 2.45) is 4.99 Å². The molecule has 0 atom stereocenters. The van der Waals surface area contributed by atoms with Gasteiger partial charge in [-0.05, 0) is 42.8 Å². The minimum Gasteiger partial charge on any atom is -0.490 e. The molecule has 144 valence electrons. The molecule has 0 radical (unpaired) electrons. The first-order valence-electron chi connectivity index (χ1n) is 8.51. The van der Waals surface area contributed by atoms with Gasteiger partial charge in [-0.25, -0.2) is 9.79 Å². The number of nitrogens with zero attached hydrogens (tertiary/aromatic N) is 1. The molecule has 0 saturated heterocycles. The van der Waals surface area contributed by atoms with Gasteiger partial charge in [-0.15, -0.1) is 0 Å². The Kier molecular flexibility index (Phi) is 6.39. The largest absolute Gasteiger partial charge is 0.490 e. The van der Waals surface area contributed by atoms with Crippen LogP contribution in [0.4, 0.5) is 0 Å². The van der Waals surface area contributed by atoms with E-state index in [0.717, 1.165) is 0 Å². The van der Waals surface area contributed by atoms with Crippen LogP contribution in [0.1, 0.15) is 18.1 Å². The Morgan fingerprint density at radius 1 is 1.18 bits per heavy atom. The first kappa shape index (κ1) is 20.0. The number of rotatable bonds is 7. The van der Waals surface area contributed by atoms with Crippen LogP contribution in [0.15, 0.2) is 59.7 Å². The zero-order valence-corrected chi connectivity index (χ0v) is 16.6. The second-order valence-electron chi connectivity index (χ2n) is 5.68. The first-order valence-corrected chi connectivity index (χ1v) is 9.26. The van der Waals surface area contributed by atoms with E-state index >= 15 is 0 Å². The van der Waals surface area contributed by atoms with Crippen molar-refractivity contribution in [3.8, 4) is 11.5 Å². The number of carbonyl (C=O) groups is 1. The molecule has 2 aromatic carbocycles. The van der Waals surface area contributed by atoms with Crippen LogP contribution in [0.5, 0.6) is 11.5 Å². The van der Waals surface area contributed by atoms with Gasteiger partial charge >= 0.3 is 5.97 Å². The predicted molar refractivity (Wildman–Crippen MR) is 110 cm³/mol. The van der Waals surface area contributed by atoms with E-state index in [4.69, 9.17) is 37.4 Å². The van der Waals surface area contributed by atoms with E-state index in [1.54, 1.807) is 48.6 Å². The molecule has 0 aromatic heterocycles. The molecule has 0 saturated carbocycles. The Balaban J connectivity index is 1.97. The van der Waals surface area contributed by atoms with Crippen molar-refractivity contribution in [3.05, 3.63) is 75.9 Å². The summed E-state index contributed by atoms with van der Waals surface area (Å²) < 4.78 is 16.4. The fourth-order valence-corrected chi connectivity index (χ4v) is 3.02. The lowest BCUT2D eigenvalue weighted by molar-refractivity contribution is -0.129. The summed E-state index contributed by atoms with van der Waals surface area (Å²) in [4.78, 5) is 16.5. The number of cyclic esters (lactones) is 1. The molecule has 0 aliphatic carbocycles. The summed E-state index contributed by atoms with van der Waals surface area (Å²) in [5.41, 5.74) is 1.30. The van der Waals surface area contributed by atoms with E-state index < -0.39 is 5.97 Å². The predicted octanol–water partition coefficient (Wildman–Crippen LogP) is 5.30. The van der Waals surface area contributed by atoms with Gasteiger partial charge in [0.15, 0.2) is 17.2 Å². The van der Waals surface area contributed by atoms with E-state index in [1.165, 1.54) is 0 Å². The number of benzene rings is 2. The van der Waals surface area contributed by atoms with Gasteiger partial charge in [0.2, 0.25) is 5.90 Å². The van der Waals surface area contributed by atoms with Gasteiger partial charge in [-0.2, -0.15) is 0 Å². The molecule has 1 aliphatic rings. The van der Waals surface area contributed by atoms with E-state index in [0.29, 0.717) is 39.3 Å². The summed E-state index contributed by atoms with van der Waals surface area (Å²) in [5.74, 6) is 0.463. The maximum atomic E-state index is 12.2. The molecule has 5 nitrogen and oxygen atoms in total. The summed E-state index contributed by atoms with van der Waals surface area (Å²) in [5, 5.41) is 0.794. The average molecular weight is 418 g/mol. The molecule has 0 amide bonds. The zero-order chi connectivity index (χ0) is 20.1. The number of halogens is 2. The molecule has 0 spiro atoms. The van der Waals surface area contributed by atoms with Gasteiger partial charge in [0, 0.05) is 0 Å². The molecule has 3 rings (SSSR count). The third-order valence-corrected chi connectivity index (χ3v) is 4.32. The molecule has 7 heteroatoms. The fraction of sp³-hybridized carbons (Fsp3) is 0.143. The van der Waals surface area contributed by atoms with Crippen LogP contribution < -0.4 is 9.47 Å². The summed E-state index contributed by atoms with van der Waals surface area (Å²) in [6, 6.07) is 10.4. The van der Waals surface area contributed by atoms with Crippen molar-refractivity contribution >= 4 is 41.1 Å². The van der Waals surface area contributed by atoms with Crippen molar-refractivity contribution in [2.45, 2.75) is 6.92 Å². The zero-order valence-electron chi connectivity index (χ0n) is 15.1. The number of esters is 1. The number of hydrogen-bond acceptors (Lipinski definition) is 5. The molecular weight excluding hydrogens is 401 g/mol. The van der Waals surface area contributed by atoms with Crippen LogP contribution >= 0.6 is 23.2 Å². The minimum atomic E-state index is -0.573. The third kappa shape index (κ3) is 4.38. The highest BCUT2D eigenvalue weighted by atomic mass is 35.5. The van der Waals surface area contributed by atoms with Crippen LogP contribution in [0.2, 0.25) is 10.0 Å². The van der Waals surface area contributed by atoms with Gasteiger partial charge in [-0.3, -0.25) is 0 Å². The molecule has 0 fully saturated rings. The van der Waals surface area contributed by atoms with Crippen molar-refractivity contribution < 1.29 is 19.0 Å². The molecule has 0 bridgehead atoms. The number of aliphatic imine (C=N–C) groups is 1. The lowest BCUT2D eigenvalue weighted by Gasteiger charge is -2.13. The molecule has 28 heavy (non-hydrogen) atoms. The van der Waals surface area contributed by atoms with Gasteiger partial charge in [0.25, 0.3) is 0 Å². The molecule has 2 aromatic rings. The van der Waals surface area contributed by atoms with Crippen LogP contribution in [-0.2, 0) is 9.53 Å². The van der Waals surface area contributed by atoms with Crippen molar-refractivity contribution in [3.63, 3.8) is 0 Å². The molecule has 0 N–H and O–H groups in total. The van der Waals surface area contributed by atoms with E-state index in [9.17, 15) is 4.79 Å². The standard InChI is InChI=1S/C21H17Cl2NO4/c1-3-9-27-19-16(23)10-13(12-18(19)26-4-2)11-17-21(25)28-20(24-17)14-7-5-6-8-15(14)22/h3,5-8,10-12H,1,4,9H2,2H3/b17-11-. The Bertz CT molecular complexity index is 982. The molecule has 0 unspecified atom stereocenters. The second-order valence-corrected chi connectivity index (χ2v) is 6.49. The van der Waals surface area contributed by atoms with E-state index in [-0.39, 0.29) is 18.2 Å². The molecule has 1 heterocycles. The Labute approximate surface area is 172 Å². The monoisotopic (exact) mass is 417 g/mol. The summed E-state index contributed by atoms with van der Waals surface area (Å²) in [6.07, 6.45) is 3.18. The van der Waals surface area contributed by atoms with Crippen LogP contribution in [-0.4, -0.2) is 25.1 Å². The smallest absolute Gasteiger partial charge is 0.363 e. The average Bonchev–Trinajstić information content (AvgIpc) is 3.02. The number of hydrogen-bond donors (Lipinski definition) is 0. The molecule has 1 aliphatic heterocycles. The number of ether oxygens (including phenoxy) is 3. The van der Waals surface area contributed by atoms with Crippen LogP contribution in [0.3, 0.4) is 0 Å². The lowest BCUT2D eigenvalue weighted by atomic mass is 10.1.